The third-order valence-corrected chi connectivity index (χ3v) is 2.79. The Morgan fingerprint density at radius 1 is 1.04 bits per heavy atom. The fourth-order valence-electron chi connectivity index (χ4n) is 1.91. The van der Waals surface area contributed by atoms with Crippen LogP contribution in [-0.4, -0.2) is 58.9 Å². The summed E-state index contributed by atoms with van der Waals surface area (Å²) in [5.74, 6) is 0. The van der Waals surface area contributed by atoms with Gasteiger partial charge in [0, 0.05) is 6.54 Å². The lowest BCUT2D eigenvalue weighted by atomic mass is 10.2. The van der Waals surface area contributed by atoms with E-state index >= 15 is 0 Å². The van der Waals surface area contributed by atoms with Crippen molar-refractivity contribution in [3.8, 4) is 0 Å². The average molecular weight is 343 g/mol. The largest absolute Gasteiger partial charge is 0.444 e. The second-order valence-corrected chi connectivity index (χ2v) is 7.49. The third-order valence-electron chi connectivity index (χ3n) is 2.79. The molecule has 1 aliphatic rings. The summed E-state index contributed by atoms with van der Waals surface area (Å²) >= 11 is 0. The molecule has 1 saturated heterocycles. The molecule has 0 bridgehead atoms. The SMILES string of the molecule is CC(C)(C)OC(=O)NC1C(NC/C=C/CO)N1C(=O)OC(C)(C)C. The van der Waals surface area contributed by atoms with E-state index in [1.165, 1.54) is 4.90 Å². The van der Waals surface area contributed by atoms with E-state index in [4.69, 9.17) is 14.6 Å². The number of rotatable bonds is 5. The molecule has 1 fully saturated rings. The van der Waals surface area contributed by atoms with Crippen LogP contribution >= 0.6 is 0 Å². The minimum absolute atomic E-state index is 0.0539. The standard InChI is InChI=1S/C16H29N3O5/c1-15(2,3)23-13(21)18-12-11(17-9-7-8-10-20)19(12)14(22)24-16(4,5)6/h7-8,11-12,17,20H,9-10H2,1-6H3,(H,18,21)/b8-7+. The van der Waals surface area contributed by atoms with Crippen molar-refractivity contribution in [3.05, 3.63) is 12.2 Å². The number of carbonyl (C=O) groups excluding carboxylic acids is 2. The van der Waals surface area contributed by atoms with Gasteiger partial charge >= 0.3 is 12.2 Å². The van der Waals surface area contributed by atoms with Crippen molar-refractivity contribution in [2.45, 2.75) is 65.1 Å². The van der Waals surface area contributed by atoms with E-state index in [0.717, 1.165) is 0 Å². The Hall–Kier alpha value is -1.80. The first-order valence-corrected chi connectivity index (χ1v) is 7.95. The zero-order chi connectivity index (χ0) is 18.5. The van der Waals surface area contributed by atoms with Gasteiger partial charge in [-0.2, -0.15) is 0 Å². The number of carbonyl (C=O) groups is 2. The molecule has 1 rings (SSSR count). The van der Waals surface area contributed by atoms with Crippen LogP contribution in [0.15, 0.2) is 12.2 Å². The monoisotopic (exact) mass is 343 g/mol. The van der Waals surface area contributed by atoms with Crippen molar-refractivity contribution in [3.63, 3.8) is 0 Å². The highest BCUT2D eigenvalue weighted by atomic mass is 16.6. The van der Waals surface area contributed by atoms with Gasteiger partial charge in [0.05, 0.1) is 6.61 Å². The van der Waals surface area contributed by atoms with Gasteiger partial charge in [-0.25, -0.2) is 9.59 Å². The Labute approximate surface area is 143 Å². The van der Waals surface area contributed by atoms with Crippen molar-refractivity contribution in [2.24, 2.45) is 0 Å². The van der Waals surface area contributed by atoms with E-state index in [1.54, 1.807) is 53.7 Å². The fourth-order valence-corrected chi connectivity index (χ4v) is 1.91. The summed E-state index contributed by atoms with van der Waals surface area (Å²) in [5.41, 5.74) is -1.25. The van der Waals surface area contributed by atoms with Gasteiger partial charge in [-0.1, -0.05) is 12.2 Å². The molecule has 0 aromatic heterocycles. The molecule has 0 aromatic rings. The fraction of sp³-hybridized carbons (Fsp3) is 0.750. The molecule has 2 unspecified atom stereocenters. The van der Waals surface area contributed by atoms with Gasteiger partial charge in [-0.3, -0.25) is 15.5 Å². The normalized spacial score (nSPS) is 20.9. The van der Waals surface area contributed by atoms with Gasteiger partial charge in [-0.05, 0) is 41.5 Å². The van der Waals surface area contributed by atoms with E-state index in [0.29, 0.717) is 6.54 Å². The summed E-state index contributed by atoms with van der Waals surface area (Å²) in [7, 11) is 0. The van der Waals surface area contributed by atoms with Gasteiger partial charge in [0.25, 0.3) is 0 Å². The minimum atomic E-state index is -0.627. The highest BCUT2D eigenvalue weighted by Crippen LogP contribution is 2.27. The van der Waals surface area contributed by atoms with Gasteiger partial charge < -0.3 is 14.6 Å². The first-order valence-electron chi connectivity index (χ1n) is 7.95. The van der Waals surface area contributed by atoms with E-state index in [9.17, 15) is 9.59 Å². The second kappa shape index (κ2) is 7.85. The van der Waals surface area contributed by atoms with Crippen LogP contribution in [0, 0.1) is 0 Å². The van der Waals surface area contributed by atoms with Crippen molar-refractivity contribution in [1.82, 2.24) is 15.5 Å². The molecule has 0 aliphatic carbocycles. The molecule has 138 valence electrons. The number of nitrogens with zero attached hydrogens (tertiary/aromatic N) is 1. The maximum Gasteiger partial charge on any atom is 0.413 e. The van der Waals surface area contributed by atoms with Crippen LogP contribution < -0.4 is 10.6 Å². The van der Waals surface area contributed by atoms with Crippen LogP contribution in [0.4, 0.5) is 9.59 Å². The Kier molecular flexibility index (Phi) is 6.62. The first-order chi connectivity index (χ1) is 10.9. The molecule has 0 saturated carbocycles. The number of aliphatic hydroxyl groups is 1. The predicted molar refractivity (Wildman–Crippen MR) is 89.2 cm³/mol. The topological polar surface area (TPSA) is 99.9 Å². The van der Waals surface area contributed by atoms with Crippen LogP contribution in [0.3, 0.4) is 0 Å². The van der Waals surface area contributed by atoms with Crippen molar-refractivity contribution in [2.75, 3.05) is 13.2 Å². The van der Waals surface area contributed by atoms with Crippen LogP contribution in [0.25, 0.3) is 0 Å². The van der Waals surface area contributed by atoms with Crippen LogP contribution in [0.2, 0.25) is 0 Å². The molecule has 0 aromatic carbocycles. The molecule has 8 heteroatoms. The summed E-state index contributed by atoms with van der Waals surface area (Å²) < 4.78 is 10.5. The zero-order valence-corrected chi connectivity index (χ0v) is 15.3. The Bertz CT molecular complexity index is 479. The molecule has 2 atom stereocenters. The lowest BCUT2D eigenvalue weighted by Gasteiger charge is -2.21. The predicted octanol–water partition coefficient (Wildman–Crippen LogP) is 1.55. The molecule has 3 N–H and O–H groups in total. The number of ether oxygens (including phenoxy) is 2. The second-order valence-electron chi connectivity index (χ2n) is 7.49. The van der Waals surface area contributed by atoms with Crippen molar-refractivity contribution < 1.29 is 24.2 Å². The molecule has 1 aliphatic heterocycles. The van der Waals surface area contributed by atoms with Gasteiger partial charge in [0.15, 0.2) is 0 Å². The highest BCUT2D eigenvalue weighted by Gasteiger charge is 2.54. The van der Waals surface area contributed by atoms with Gasteiger partial charge in [0.1, 0.15) is 23.5 Å². The van der Waals surface area contributed by atoms with Gasteiger partial charge in [-0.15, -0.1) is 0 Å². The molecular weight excluding hydrogens is 314 g/mol. The Morgan fingerprint density at radius 2 is 1.62 bits per heavy atom. The lowest BCUT2D eigenvalue weighted by Crippen LogP contribution is -2.37. The van der Waals surface area contributed by atoms with E-state index in [1.807, 2.05) is 0 Å². The maximum atomic E-state index is 12.2. The molecular formula is C16H29N3O5. The quantitative estimate of drug-likeness (QED) is 0.517. The van der Waals surface area contributed by atoms with Crippen molar-refractivity contribution >= 4 is 12.2 Å². The van der Waals surface area contributed by atoms with Crippen LogP contribution in [0.1, 0.15) is 41.5 Å². The van der Waals surface area contributed by atoms with Crippen LogP contribution in [-0.2, 0) is 9.47 Å². The minimum Gasteiger partial charge on any atom is -0.444 e. The third kappa shape index (κ3) is 7.18. The Morgan fingerprint density at radius 3 is 2.12 bits per heavy atom. The maximum absolute atomic E-state index is 12.2. The summed E-state index contributed by atoms with van der Waals surface area (Å²) in [6.45, 7) is 11.0. The number of nitrogens with one attached hydrogen (secondary N) is 2. The molecule has 0 radical (unpaired) electrons. The smallest absolute Gasteiger partial charge is 0.413 e. The molecule has 1 heterocycles. The molecule has 8 nitrogen and oxygen atoms in total. The number of hydrogen-bond acceptors (Lipinski definition) is 6. The summed E-state index contributed by atoms with van der Waals surface area (Å²) in [6.07, 6.45) is 1.26. The zero-order valence-electron chi connectivity index (χ0n) is 15.3. The van der Waals surface area contributed by atoms with E-state index in [-0.39, 0.29) is 6.61 Å². The Balaban J connectivity index is 2.65. The number of hydrogen-bond donors (Lipinski definition) is 3. The summed E-state index contributed by atoms with van der Waals surface area (Å²) in [5, 5.41) is 14.5. The summed E-state index contributed by atoms with van der Waals surface area (Å²) in [4.78, 5) is 25.5. The number of amides is 2. The first kappa shape index (κ1) is 20.2. The average Bonchev–Trinajstić information content (AvgIpc) is 3.03. The molecule has 2 amide bonds. The number of aliphatic hydroxyl groups excluding tert-OH is 1. The van der Waals surface area contributed by atoms with E-state index < -0.39 is 35.7 Å². The highest BCUT2D eigenvalue weighted by molar-refractivity contribution is 5.75. The summed E-state index contributed by atoms with van der Waals surface area (Å²) in [6, 6.07) is 0. The van der Waals surface area contributed by atoms with Crippen molar-refractivity contribution in [1.29, 1.82) is 0 Å². The van der Waals surface area contributed by atoms with E-state index in [2.05, 4.69) is 10.6 Å². The lowest BCUT2D eigenvalue weighted by molar-refractivity contribution is 0.0369. The molecule has 0 spiro atoms. The number of alkyl carbamates (subject to hydrolysis) is 1. The van der Waals surface area contributed by atoms with Crippen LogP contribution in [0.5, 0.6) is 0 Å². The van der Waals surface area contributed by atoms with Gasteiger partial charge in [0.2, 0.25) is 0 Å². The molecule has 24 heavy (non-hydrogen) atoms.